The van der Waals surface area contributed by atoms with Crippen LogP contribution in [0.25, 0.3) is 0 Å². The van der Waals surface area contributed by atoms with Crippen LogP contribution in [0.4, 0.5) is 0 Å². The number of benzene rings is 3. The van der Waals surface area contributed by atoms with Crippen molar-refractivity contribution in [3.63, 3.8) is 0 Å². The van der Waals surface area contributed by atoms with Crippen molar-refractivity contribution in [1.29, 1.82) is 0 Å². The van der Waals surface area contributed by atoms with Crippen LogP contribution in [0.1, 0.15) is 15.9 Å². The Kier molecular flexibility index (Phi) is 5.18. The average Bonchev–Trinajstić information content (AvgIpc) is 2.62. The standard InChI is InChI=1S/C20H16O3S/c21-20(22)19-9-5-4-6-15(19)14-24-18-12-10-17(11-13-18)23-16-7-2-1-3-8-16/h1-13H,14H2,(H,21,22). The van der Waals surface area contributed by atoms with E-state index in [9.17, 15) is 9.90 Å². The van der Waals surface area contributed by atoms with Crippen molar-refractivity contribution in [3.05, 3.63) is 90.0 Å². The molecule has 0 fully saturated rings. The monoisotopic (exact) mass is 336 g/mol. The summed E-state index contributed by atoms with van der Waals surface area (Å²) >= 11 is 1.60. The fourth-order valence-electron chi connectivity index (χ4n) is 2.24. The second-order valence-corrected chi connectivity index (χ2v) is 6.19. The van der Waals surface area contributed by atoms with E-state index in [0.717, 1.165) is 22.0 Å². The normalized spacial score (nSPS) is 10.3. The fourth-order valence-corrected chi connectivity index (χ4v) is 3.15. The van der Waals surface area contributed by atoms with Crippen molar-refractivity contribution in [2.45, 2.75) is 10.6 Å². The van der Waals surface area contributed by atoms with Crippen LogP contribution >= 0.6 is 11.8 Å². The summed E-state index contributed by atoms with van der Waals surface area (Å²) < 4.78 is 5.76. The molecule has 0 amide bonds. The van der Waals surface area contributed by atoms with Gasteiger partial charge in [-0.15, -0.1) is 11.8 Å². The van der Waals surface area contributed by atoms with E-state index < -0.39 is 5.97 Å². The third kappa shape index (κ3) is 4.18. The number of hydrogen-bond acceptors (Lipinski definition) is 3. The molecule has 0 saturated carbocycles. The summed E-state index contributed by atoms with van der Waals surface area (Å²) in [4.78, 5) is 12.3. The number of thioether (sulfide) groups is 1. The van der Waals surface area contributed by atoms with E-state index in [2.05, 4.69) is 0 Å². The molecule has 3 aromatic carbocycles. The molecule has 0 atom stereocenters. The third-order valence-corrected chi connectivity index (χ3v) is 4.51. The molecule has 24 heavy (non-hydrogen) atoms. The minimum atomic E-state index is -0.891. The van der Waals surface area contributed by atoms with Gasteiger partial charge in [0, 0.05) is 10.6 Å². The van der Waals surface area contributed by atoms with Gasteiger partial charge < -0.3 is 9.84 Å². The summed E-state index contributed by atoms with van der Waals surface area (Å²) in [6.45, 7) is 0. The van der Waals surface area contributed by atoms with Crippen LogP contribution < -0.4 is 4.74 Å². The van der Waals surface area contributed by atoms with Crippen molar-refractivity contribution < 1.29 is 14.6 Å². The Morgan fingerprint density at radius 2 is 1.46 bits per heavy atom. The zero-order chi connectivity index (χ0) is 16.8. The molecule has 0 radical (unpaired) electrons. The minimum Gasteiger partial charge on any atom is -0.478 e. The second kappa shape index (κ2) is 7.70. The first-order chi connectivity index (χ1) is 11.7. The minimum absolute atomic E-state index is 0.356. The Morgan fingerprint density at radius 1 is 0.833 bits per heavy atom. The average molecular weight is 336 g/mol. The summed E-state index contributed by atoms with van der Waals surface area (Å²) in [5.41, 5.74) is 1.17. The molecule has 0 heterocycles. The summed E-state index contributed by atoms with van der Waals surface area (Å²) in [5, 5.41) is 9.21. The smallest absolute Gasteiger partial charge is 0.335 e. The maximum absolute atomic E-state index is 11.2. The highest BCUT2D eigenvalue weighted by Gasteiger charge is 2.09. The Bertz CT molecular complexity index is 814. The van der Waals surface area contributed by atoms with Crippen LogP contribution in [0.5, 0.6) is 11.5 Å². The summed E-state index contributed by atoms with van der Waals surface area (Å²) in [6.07, 6.45) is 0. The van der Waals surface area contributed by atoms with Gasteiger partial charge in [0.1, 0.15) is 11.5 Å². The van der Waals surface area contributed by atoms with Gasteiger partial charge >= 0.3 is 5.97 Å². The molecular weight excluding hydrogens is 320 g/mol. The van der Waals surface area contributed by atoms with Gasteiger partial charge in [-0.3, -0.25) is 0 Å². The first-order valence-corrected chi connectivity index (χ1v) is 8.48. The maximum atomic E-state index is 11.2. The lowest BCUT2D eigenvalue weighted by Gasteiger charge is -2.08. The van der Waals surface area contributed by atoms with Crippen LogP contribution in [0.15, 0.2) is 83.8 Å². The highest BCUT2D eigenvalue weighted by atomic mass is 32.2. The largest absolute Gasteiger partial charge is 0.478 e. The number of aromatic carboxylic acids is 1. The van der Waals surface area contributed by atoms with E-state index >= 15 is 0 Å². The highest BCUT2D eigenvalue weighted by molar-refractivity contribution is 7.98. The van der Waals surface area contributed by atoms with Crippen LogP contribution in [0, 0.1) is 0 Å². The molecule has 3 rings (SSSR count). The molecule has 0 aromatic heterocycles. The third-order valence-electron chi connectivity index (χ3n) is 3.44. The Morgan fingerprint density at radius 3 is 2.17 bits per heavy atom. The van der Waals surface area contributed by atoms with Gasteiger partial charge in [0.2, 0.25) is 0 Å². The Hall–Kier alpha value is -2.72. The van der Waals surface area contributed by atoms with E-state index in [-0.39, 0.29) is 0 Å². The summed E-state index contributed by atoms with van der Waals surface area (Å²) in [7, 11) is 0. The van der Waals surface area contributed by atoms with E-state index in [0.29, 0.717) is 11.3 Å². The van der Waals surface area contributed by atoms with Crippen LogP contribution in [0.2, 0.25) is 0 Å². The van der Waals surface area contributed by atoms with Crippen molar-refractivity contribution in [2.75, 3.05) is 0 Å². The predicted molar refractivity (Wildman–Crippen MR) is 95.9 cm³/mol. The van der Waals surface area contributed by atoms with Gasteiger partial charge in [-0.05, 0) is 48.0 Å². The first kappa shape index (κ1) is 16.1. The van der Waals surface area contributed by atoms with Crippen LogP contribution in [-0.2, 0) is 5.75 Å². The lowest BCUT2D eigenvalue weighted by Crippen LogP contribution is -2.00. The number of ether oxygens (including phenoxy) is 1. The van der Waals surface area contributed by atoms with Gasteiger partial charge in [-0.25, -0.2) is 4.79 Å². The molecule has 3 nitrogen and oxygen atoms in total. The van der Waals surface area contributed by atoms with Crippen molar-refractivity contribution in [3.8, 4) is 11.5 Å². The molecule has 3 aromatic rings. The molecule has 4 heteroatoms. The number of carboxylic acid groups (broad SMARTS) is 1. The number of para-hydroxylation sites is 1. The van der Waals surface area contributed by atoms with Crippen molar-refractivity contribution in [1.82, 2.24) is 0 Å². The quantitative estimate of drug-likeness (QED) is 0.606. The predicted octanol–water partition coefficient (Wildman–Crippen LogP) is 5.47. The van der Waals surface area contributed by atoms with Gasteiger partial charge in [0.05, 0.1) is 5.56 Å². The van der Waals surface area contributed by atoms with Crippen molar-refractivity contribution in [2.24, 2.45) is 0 Å². The van der Waals surface area contributed by atoms with Crippen LogP contribution in [-0.4, -0.2) is 11.1 Å². The lowest BCUT2D eigenvalue weighted by molar-refractivity contribution is 0.0696. The van der Waals surface area contributed by atoms with Gasteiger partial charge in [-0.2, -0.15) is 0 Å². The highest BCUT2D eigenvalue weighted by Crippen LogP contribution is 2.28. The van der Waals surface area contributed by atoms with Crippen LogP contribution in [0.3, 0.4) is 0 Å². The van der Waals surface area contributed by atoms with E-state index in [1.54, 1.807) is 23.9 Å². The summed E-state index contributed by atoms with van der Waals surface area (Å²) in [6, 6.07) is 24.5. The number of carboxylic acids is 1. The molecule has 0 unspecified atom stereocenters. The number of hydrogen-bond donors (Lipinski definition) is 1. The van der Waals surface area contributed by atoms with Crippen molar-refractivity contribution >= 4 is 17.7 Å². The topological polar surface area (TPSA) is 46.5 Å². The lowest BCUT2D eigenvalue weighted by atomic mass is 10.1. The number of rotatable bonds is 6. The van der Waals surface area contributed by atoms with E-state index in [1.165, 1.54) is 0 Å². The Balaban J connectivity index is 1.64. The maximum Gasteiger partial charge on any atom is 0.335 e. The molecule has 0 bridgehead atoms. The molecule has 0 aliphatic heterocycles. The van der Waals surface area contributed by atoms with E-state index in [4.69, 9.17) is 4.74 Å². The van der Waals surface area contributed by atoms with Gasteiger partial charge in [0.25, 0.3) is 0 Å². The zero-order valence-electron chi connectivity index (χ0n) is 12.9. The van der Waals surface area contributed by atoms with Gasteiger partial charge in [0.15, 0.2) is 0 Å². The molecular formula is C20H16O3S. The molecule has 0 aliphatic rings. The molecule has 120 valence electrons. The second-order valence-electron chi connectivity index (χ2n) is 5.14. The number of carbonyl (C=O) groups is 1. The summed E-state index contributed by atoms with van der Waals surface area (Å²) in [5.74, 6) is 1.30. The zero-order valence-corrected chi connectivity index (χ0v) is 13.7. The van der Waals surface area contributed by atoms with Gasteiger partial charge in [-0.1, -0.05) is 36.4 Å². The first-order valence-electron chi connectivity index (χ1n) is 7.49. The molecule has 0 spiro atoms. The molecule has 0 saturated heterocycles. The Labute approximate surface area is 144 Å². The molecule has 0 aliphatic carbocycles. The fraction of sp³-hybridized carbons (Fsp3) is 0.0500. The molecule has 1 N–H and O–H groups in total. The SMILES string of the molecule is O=C(O)c1ccccc1CSc1ccc(Oc2ccccc2)cc1. The van der Waals surface area contributed by atoms with E-state index in [1.807, 2.05) is 66.7 Å².